The van der Waals surface area contributed by atoms with E-state index >= 15 is 0 Å². The van der Waals surface area contributed by atoms with Crippen LogP contribution in [-0.2, 0) is 9.57 Å². The largest absolute Gasteiger partial charge is 0.372 e. The molecule has 0 N–H and O–H groups in total. The van der Waals surface area contributed by atoms with Gasteiger partial charge in [0.1, 0.15) is 5.92 Å². The van der Waals surface area contributed by atoms with E-state index in [9.17, 15) is 20.5 Å². The highest BCUT2D eigenvalue weighted by Gasteiger charge is 2.49. The van der Waals surface area contributed by atoms with Crippen LogP contribution in [0.4, 0.5) is 0 Å². The number of hydrogen-bond donors (Lipinski definition) is 0. The summed E-state index contributed by atoms with van der Waals surface area (Å²) in [6, 6.07) is 0. The topological polar surface area (TPSA) is 141 Å². The maximum atomic E-state index is 11.9. The molecular weight excluding hydrogens is 288 g/mol. The molecule has 1 aliphatic heterocycles. The molecule has 112 valence electrons. The number of nitro groups is 1. The van der Waals surface area contributed by atoms with Crippen molar-refractivity contribution in [1.29, 1.82) is 0 Å². The van der Waals surface area contributed by atoms with Gasteiger partial charge in [0.2, 0.25) is 5.69 Å². The molecule has 2 heterocycles. The van der Waals surface area contributed by atoms with Gasteiger partial charge in [-0.3, -0.25) is 20.0 Å². The third-order valence-electron chi connectivity index (χ3n) is 3.26. The molecule has 0 fully saturated rings. The van der Waals surface area contributed by atoms with Crippen molar-refractivity contribution in [2.75, 3.05) is 6.61 Å². The van der Waals surface area contributed by atoms with E-state index in [0.717, 1.165) is 6.08 Å². The van der Waals surface area contributed by atoms with E-state index in [0.29, 0.717) is 6.61 Å². The van der Waals surface area contributed by atoms with Crippen molar-refractivity contribution in [3.8, 4) is 0 Å². The van der Waals surface area contributed by atoms with Crippen LogP contribution in [0.2, 0.25) is 0 Å². The zero-order valence-corrected chi connectivity index (χ0v) is 10.8. The van der Waals surface area contributed by atoms with Crippen LogP contribution in [-0.4, -0.2) is 33.6 Å². The highest BCUT2D eigenvalue weighted by Crippen LogP contribution is 2.35. The van der Waals surface area contributed by atoms with Gasteiger partial charge < -0.3 is 14.8 Å². The van der Waals surface area contributed by atoms with Crippen molar-refractivity contribution in [1.82, 2.24) is 5.16 Å². The van der Waals surface area contributed by atoms with E-state index in [1.54, 1.807) is 6.92 Å². The molecule has 1 aromatic rings. The van der Waals surface area contributed by atoms with Crippen molar-refractivity contribution in [2.45, 2.75) is 25.6 Å². The van der Waals surface area contributed by atoms with Gasteiger partial charge >= 0.3 is 11.4 Å². The number of nitrogens with zero attached hydrogens (tertiary/aromatic N) is 4. The summed E-state index contributed by atoms with van der Waals surface area (Å²) in [6.07, 6.45) is 0.333. The second-order valence-electron chi connectivity index (χ2n) is 4.41. The highest BCUT2D eigenvalue weighted by molar-refractivity contribution is 6.03. The first-order valence-corrected chi connectivity index (χ1v) is 6.11. The summed E-state index contributed by atoms with van der Waals surface area (Å²) in [6.45, 7) is 2.03. The number of ether oxygens (including phenoxy) is 1. The number of allylic oxidation sites excluding steroid dienone is 1. The zero-order valence-electron chi connectivity index (χ0n) is 10.8. The number of aromatic nitrogens is 2. The van der Waals surface area contributed by atoms with Crippen molar-refractivity contribution in [3.05, 3.63) is 38.0 Å². The molecule has 1 aromatic heterocycles. The first-order valence-electron chi connectivity index (χ1n) is 6.11. The van der Waals surface area contributed by atoms with Gasteiger partial charge in [-0.1, -0.05) is 0 Å². The minimum atomic E-state index is -0.852. The van der Waals surface area contributed by atoms with Gasteiger partial charge in [-0.05, 0) is 11.8 Å². The Balaban J connectivity index is 2.13. The van der Waals surface area contributed by atoms with Gasteiger partial charge in [-0.25, -0.2) is 0 Å². The van der Waals surface area contributed by atoms with E-state index in [2.05, 4.69) is 9.79 Å². The van der Waals surface area contributed by atoms with E-state index in [4.69, 9.17) is 9.57 Å². The average molecular weight is 298 g/mol. The summed E-state index contributed by atoms with van der Waals surface area (Å²) in [5.41, 5.74) is -0.825. The Kier molecular flexibility index (Phi) is 2.97. The third kappa shape index (κ3) is 1.98. The maximum Gasteiger partial charge on any atom is 0.333 e. The standard InChI is InChI=1S/C10H10N4O7/c1-2-19-8-3-5-6(13(17)20-8)4-7(12(15)16)9-10(5)14(18)21-11-9/h4-5,8H,2-3H2,1H3/t5-,8-/m0/s1. The molecular formula is C10H10N4O7. The summed E-state index contributed by atoms with van der Waals surface area (Å²) in [5, 5.41) is 38.0. The molecule has 0 radical (unpaired) electrons. The number of hydrogen-bond acceptors (Lipinski definition) is 8. The Morgan fingerprint density at radius 1 is 1.57 bits per heavy atom. The summed E-state index contributed by atoms with van der Waals surface area (Å²) in [4.78, 5) is 15.4. The molecule has 0 saturated carbocycles. The third-order valence-corrected chi connectivity index (χ3v) is 3.26. The molecule has 11 nitrogen and oxygen atoms in total. The molecule has 2 aliphatic rings. The fraction of sp³-hybridized carbons (Fsp3) is 0.500. The summed E-state index contributed by atoms with van der Waals surface area (Å²) in [5.74, 6) is -0.741. The molecule has 0 amide bonds. The summed E-state index contributed by atoms with van der Waals surface area (Å²) in [7, 11) is 0. The molecule has 0 aromatic carbocycles. The van der Waals surface area contributed by atoms with Crippen molar-refractivity contribution >= 4 is 11.4 Å². The van der Waals surface area contributed by atoms with Gasteiger partial charge in [0.05, 0.1) is 16.2 Å². The Morgan fingerprint density at radius 2 is 2.33 bits per heavy atom. The lowest BCUT2D eigenvalue weighted by Crippen LogP contribution is -2.43. The molecule has 11 heteroatoms. The highest BCUT2D eigenvalue weighted by atomic mass is 16.9. The minimum absolute atomic E-state index is 0.0575. The van der Waals surface area contributed by atoms with Crippen LogP contribution in [0.1, 0.15) is 30.7 Å². The Labute approximate surface area is 116 Å². The van der Waals surface area contributed by atoms with Crippen LogP contribution in [0, 0.1) is 20.5 Å². The number of fused-ring (bicyclic) bond motifs is 3. The van der Waals surface area contributed by atoms with Crippen molar-refractivity contribution in [3.63, 3.8) is 0 Å². The van der Waals surface area contributed by atoms with Gasteiger partial charge in [-0.2, -0.15) is 0 Å². The Morgan fingerprint density at radius 3 is 3.00 bits per heavy atom. The second kappa shape index (κ2) is 4.70. The van der Waals surface area contributed by atoms with Gasteiger partial charge in [-0.15, -0.1) is 0 Å². The molecule has 1 aliphatic carbocycles. The van der Waals surface area contributed by atoms with E-state index in [-0.39, 0.29) is 33.3 Å². The summed E-state index contributed by atoms with van der Waals surface area (Å²) >= 11 is 0. The fourth-order valence-electron chi connectivity index (χ4n) is 2.41. The lowest BCUT2D eigenvalue weighted by molar-refractivity contribution is -0.810. The van der Waals surface area contributed by atoms with Crippen LogP contribution in [0.3, 0.4) is 0 Å². The van der Waals surface area contributed by atoms with Gasteiger partial charge in [0.15, 0.2) is 6.29 Å². The predicted octanol–water partition coefficient (Wildman–Crippen LogP) is -0.328. The van der Waals surface area contributed by atoms with Gasteiger partial charge in [0, 0.05) is 17.9 Å². The molecule has 0 saturated heterocycles. The smallest absolute Gasteiger partial charge is 0.333 e. The second-order valence-corrected chi connectivity index (χ2v) is 4.41. The van der Waals surface area contributed by atoms with E-state index in [1.165, 1.54) is 0 Å². The van der Waals surface area contributed by atoms with Crippen LogP contribution >= 0.6 is 0 Å². The molecule has 2 atom stereocenters. The SMILES string of the molecule is CCO[C@@H]1C[C@H]2C(=[N+]([O-])O1)C=C([N+](=O)[O-])c1no[n+]([O-])c12. The Hall–Kier alpha value is -2.69. The lowest BCUT2D eigenvalue weighted by atomic mass is 9.87. The first-order chi connectivity index (χ1) is 10.0. The van der Waals surface area contributed by atoms with E-state index < -0.39 is 22.8 Å². The number of rotatable bonds is 3. The fourth-order valence-corrected chi connectivity index (χ4v) is 2.41. The summed E-state index contributed by atoms with van der Waals surface area (Å²) < 4.78 is 9.64. The monoisotopic (exact) mass is 298 g/mol. The quantitative estimate of drug-likeness (QED) is 0.419. The average Bonchev–Trinajstić information content (AvgIpc) is 2.81. The molecule has 0 unspecified atom stereocenters. The minimum Gasteiger partial charge on any atom is -0.372 e. The van der Waals surface area contributed by atoms with Gasteiger partial charge in [0.25, 0.3) is 5.71 Å². The lowest BCUT2D eigenvalue weighted by Gasteiger charge is -2.28. The molecule has 0 bridgehead atoms. The zero-order chi connectivity index (χ0) is 15.1. The van der Waals surface area contributed by atoms with Crippen molar-refractivity contribution < 1.29 is 28.9 Å². The van der Waals surface area contributed by atoms with Crippen LogP contribution in [0.15, 0.2) is 10.7 Å². The molecule has 0 spiro atoms. The van der Waals surface area contributed by atoms with E-state index in [1.807, 2.05) is 0 Å². The maximum absolute atomic E-state index is 11.9. The van der Waals surface area contributed by atoms with Crippen LogP contribution in [0.25, 0.3) is 5.70 Å². The predicted molar refractivity (Wildman–Crippen MR) is 62.9 cm³/mol. The molecule has 21 heavy (non-hydrogen) atoms. The van der Waals surface area contributed by atoms with Crippen LogP contribution < -0.4 is 4.90 Å². The van der Waals surface area contributed by atoms with Crippen LogP contribution in [0.5, 0.6) is 0 Å². The van der Waals surface area contributed by atoms with Crippen molar-refractivity contribution in [2.24, 2.45) is 0 Å². The normalized spacial score (nSPS) is 24.0. The molecule has 3 rings (SSSR count). The Bertz CT molecular complexity index is 664. The first kappa shape index (κ1) is 13.3.